The number of Topliss-reactive ketones (excluding diaryl/α,β-unsaturated/α-hetero) is 1. The Balaban J connectivity index is 2.00. The SMILES string of the molecule is COc1ccc(F)cc1C(=O)C1(N2CCCC2)CCCC1. The van der Waals surface area contributed by atoms with Crippen LogP contribution in [0.2, 0.25) is 0 Å². The maximum atomic E-state index is 13.6. The van der Waals surface area contributed by atoms with Crippen LogP contribution in [-0.2, 0) is 0 Å². The summed E-state index contributed by atoms with van der Waals surface area (Å²) in [6.45, 7) is 1.95. The van der Waals surface area contributed by atoms with Crippen molar-refractivity contribution >= 4 is 5.78 Å². The fourth-order valence-corrected chi connectivity index (χ4v) is 3.90. The average molecular weight is 291 g/mol. The first-order chi connectivity index (χ1) is 10.2. The van der Waals surface area contributed by atoms with Gasteiger partial charge in [0.15, 0.2) is 5.78 Å². The number of likely N-dealkylation sites (tertiary alicyclic amines) is 1. The number of halogens is 1. The van der Waals surface area contributed by atoms with Crippen LogP contribution in [0.3, 0.4) is 0 Å². The maximum absolute atomic E-state index is 13.6. The largest absolute Gasteiger partial charge is 0.496 e. The summed E-state index contributed by atoms with van der Waals surface area (Å²) in [5, 5.41) is 0. The number of methoxy groups -OCH3 is 1. The van der Waals surface area contributed by atoms with Crippen LogP contribution in [0.4, 0.5) is 4.39 Å². The minimum Gasteiger partial charge on any atom is -0.496 e. The van der Waals surface area contributed by atoms with Crippen molar-refractivity contribution in [3.63, 3.8) is 0 Å². The molecule has 1 saturated heterocycles. The van der Waals surface area contributed by atoms with E-state index >= 15 is 0 Å². The lowest BCUT2D eigenvalue weighted by atomic mass is 9.85. The summed E-state index contributed by atoms with van der Waals surface area (Å²) >= 11 is 0. The Morgan fingerprint density at radius 2 is 1.86 bits per heavy atom. The number of hydrogen-bond donors (Lipinski definition) is 0. The van der Waals surface area contributed by atoms with Gasteiger partial charge >= 0.3 is 0 Å². The van der Waals surface area contributed by atoms with Crippen LogP contribution in [0.5, 0.6) is 5.75 Å². The van der Waals surface area contributed by atoms with Crippen LogP contribution in [0, 0.1) is 5.82 Å². The third-order valence-electron chi connectivity index (χ3n) is 4.97. The van der Waals surface area contributed by atoms with Gasteiger partial charge in [-0.05, 0) is 57.0 Å². The van der Waals surface area contributed by atoms with E-state index in [1.54, 1.807) is 6.07 Å². The molecule has 114 valence electrons. The van der Waals surface area contributed by atoms with Crippen molar-refractivity contribution in [1.82, 2.24) is 4.90 Å². The molecule has 0 spiro atoms. The van der Waals surface area contributed by atoms with E-state index in [4.69, 9.17) is 4.74 Å². The zero-order chi connectivity index (χ0) is 14.9. The van der Waals surface area contributed by atoms with Crippen molar-refractivity contribution in [2.24, 2.45) is 0 Å². The molecule has 21 heavy (non-hydrogen) atoms. The van der Waals surface area contributed by atoms with Crippen molar-refractivity contribution in [1.29, 1.82) is 0 Å². The minimum atomic E-state index is -0.433. The summed E-state index contributed by atoms with van der Waals surface area (Å²) in [5.74, 6) is 0.138. The highest BCUT2D eigenvalue weighted by Crippen LogP contribution is 2.41. The van der Waals surface area contributed by atoms with E-state index in [-0.39, 0.29) is 11.6 Å². The van der Waals surface area contributed by atoms with Crippen LogP contribution in [0.1, 0.15) is 48.9 Å². The van der Waals surface area contributed by atoms with E-state index < -0.39 is 5.54 Å². The molecule has 3 nitrogen and oxygen atoms in total. The number of rotatable bonds is 4. The van der Waals surface area contributed by atoms with E-state index in [1.807, 2.05) is 0 Å². The molecule has 1 saturated carbocycles. The fraction of sp³-hybridized carbons (Fsp3) is 0.588. The van der Waals surface area contributed by atoms with Gasteiger partial charge in [0, 0.05) is 0 Å². The van der Waals surface area contributed by atoms with E-state index in [1.165, 1.54) is 19.2 Å². The normalized spacial score (nSPS) is 21.6. The standard InChI is InChI=1S/C17H22FNO2/c1-21-15-7-6-13(18)12-14(15)16(20)17(8-2-3-9-17)19-10-4-5-11-19/h6-7,12H,2-5,8-11H2,1H3. The van der Waals surface area contributed by atoms with Gasteiger partial charge in [0.25, 0.3) is 0 Å². The second-order valence-corrected chi connectivity index (χ2v) is 6.11. The number of nitrogens with zero attached hydrogens (tertiary/aromatic N) is 1. The molecule has 2 aliphatic rings. The lowest BCUT2D eigenvalue weighted by molar-refractivity contribution is 0.0623. The highest BCUT2D eigenvalue weighted by molar-refractivity contribution is 6.05. The molecule has 1 heterocycles. The Kier molecular flexibility index (Phi) is 3.98. The van der Waals surface area contributed by atoms with Gasteiger partial charge in [0.2, 0.25) is 0 Å². The molecule has 1 aromatic rings. The lowest BCUT2D eigenvalue weighted by Crippen LogP contribution is -2.51. The summed E-state index contributed by atoms with van der Waals surface area (Å²) in [6.07, 6.45) is 6.20. The second-order valence-electron chi connectivity index (χ2n) is 6.11. The van der Waals surface area contributed by atoms with E-state index in [2.05, 4.69) is 4.90 Å². The molecule has 2 fully saturated rings. The Morgan fingerprint density at radius 3 is 2.48 bits per heavy atom. The number of hydrogen-bond acceptors (Lipinski definition) is 3. The maximum Gasteiger partial charge on any atom is 0.186 e. The highest BCUT2D eigenvalue weighted by Gasteiger charge is 2.47. The topological polar surface area (TPSA) is 29.5 Å². The molecule has 0 radical (unpaired) electrons. The molecule has 0 aromatic heterocycles. The minimum absolute atomic E-state index is 0.0400. The van der Waals surface area contributed by atoms with Crippen molar-refractivity contribution in [3.05, 3.63) is 29.6 Å². The predicted molar refractivity (Wildman–Crippen MR) is 79.3 cm³/mol. The molecule has 0 amide bonds. The van der Waals surface area contributed by atoms with Crippen LogP contribution >= 0.6 is 0 Å². The zero-order valence-corrected chi connectivity index (χ0v) is 12.5. The molecule has 0 bridgehead atoms. The molecule has 3 rings (SSSR count). The third-order valence-corrected chi connectivity index (χ3v) is 4.97. The van der Waals surface area contributed by atoms with E-state index in [0.717, 1.165) is 51.6 Å². The molecular weight excluding hydrogens is 269 g/mol. The second kappa shape index (κ2) is 5.76. The number of ether oxygens (including phenoxy) is 1. The molecule has 1 aromatic carbocycles. The van der Waals surface area contributed by atoms with Gasteiger partial charge in [-0.2, -0.15) is 0 Å². The van der Waals surface area contributed by atoms with E-state index in [0.29, 0.717) is 11.3 Å². The van der Waals surface area contributed by atoms with Crippen molar-refractivity contribution in [2.75, 3.05) is 20.2 Å². The Hall–Kier alpha value is -1.42. The lowest BCUT2D eigenvalue weighted by Gasteiger charge is -2.37. The quantitative estimate of drug-likeness (QED) is 0.796. The first-order valence-corrected chi connectivity index (χ1v) is 7.81. The van der Waals surface area contributed by atoms with Crippen LogP contribution in [-0.4, -0.2) is 36.4 Å². The summed E-state index contributed by atoms with van der Waals surface area (Å²) in [4.78, 5) is 15.5. The van der Waals surface area contributed by atoms with Gasteiger partial charge in [-0.1, -0.05) is 12.8 Å². The average Bonchev–Trinajstić information content (AvgIpc) is 3.18. The van der Waals surface area contributed by atoms with Crippen LogP contribution in [0.15, 0.2) is 18.2 Å². The predicted octanol–water partition coefficient (Wildman–Crippen LogP) is 3.43. The number of carbonyl (C=O) groups excluding carboxylic acids is 1. The first kappa shape index (κ1) is 14.5. The smallest absolute Gasteiger partial charge is 0.186 e. The molecular formula is C17H22FNO2. The molecule has 4 heteroatoms. The number of ketones is 1. The van der Waals surface area contributed by atoms with Crippen LogP contribution < -0.4 is 4.74 Å². The molecule has 0 unspecified atom stereocenters. The molecule has 0 N–H and O–H groups in total. The molecule has 0 atom stereocenters. The first-order valence-electron chi connectivity index (χ1n) is 7.81. The van der Waals surface area contributed by atoms with Crippen LogP contribution in [0.25, 0.3) is 0 Å². The van der Waals surface area contributed by atoms with Gasteiger partial charge in [-0.3, -0.25) is 9.69 Å². The Labute approximate surface area is 125 Å². The van der Waals surface area contributed by atoms with Crippen molar-refractivity contribution < 1.29 is 13.9 Å². The molecule has 1 aliphatic heterocycles. The van der Waals surface area contributed by atoms with Gasteiger partial charge < -0.3 is 4.74 Å². The molecule has 1 aliphatic carbocycles. The van der Waals surface area contributed by atoms with Gasteiger partial charge in [0.1, 0.15) is 11.6 Å². The van der Waals surface area contributed by atoms with Gasteiger partial charge in [-0.25, -0.2) is 4.39 Å². The Bertz CT molecular complexity index is 532. The number of benzene rings is 1. The summed E-state index contributed by atoms with van der Waals surface area (Å²) in [5.41, 5.74) is -0.0382. The fourth-order valence-electron chi connectivity index (χ4n) is 3.90. The monoisotopic (exact) mass is 291 g/mol. The zero-order valence-electron chi connectivity index (χ0n) is 12.5. The summed E-state index contributed by atoms with van der Waals surface area (Å²) < 4.78 is 18.9. The summed E-state index contributed by atoms with van der Waals surface area (Å²) in [6, 6.07) is 4.22. The highest BCUT2D eigenvalue weighted by atomic mass is 19.1. The summed E-state index contributed by atoms with van der Waals surface area (Å²) in [7, 11) is 1.53. The van der Waals surface area contributed by atoms with Crippen molar-refractivity contribution in [3.8, 4) is 5.75 Å². The van der Waals surface area contributed by atoms with E-state index in [9.17, 15) is 9.18 Å². The third kappa shape index (κ3) is 2.46. The Morgan fingerprint density at radius 1 is 1.19 bits per heavy atom. The van der Waals surface area contributed by atoms with Gasteiger partial charge in [0.05, 0.1) is 18.2 Å². The number of carbonyl (C=O) groups is 1. The van der Waals surface area contributed by atoms with Crippen molar-refractivity contribution in [2.45, 2.75) is 44.1 Å². The van der Waals surface area contributed by atoms with Gasteiger partial charge in [-0.15, -0.1) is 0 Å².